The van der Waals surface area contributed by atoms with Crippen molar-refractivity contribution in [2.24, 2.45) is 5.92 Å². The maximum atomic E-state index is 13.2. The van der Waals surface area contributed by atoms with Gasteiger partial charge in [-0.05, 0) is 25.2 Å². The van der Waals surface area contributed by atoms with Crippen molar-refractivity contribution in [2.45, 2.75) is 76.1 Å². The van der Waals surface area contributed by atoms with Gasteiger partial charge in [0.15, 0.2) is 4.75 Å². The number of nitrogens with zero attached hydrogens (tertiary/aromatic N) is 1. The lowest BCUT2D eigenvalue weighted by Crippen LogP contribution is -2.60. The number of sulfonamides is 1. The number of hydrogen-bond donors (Lipinski definition) is 2. The van der Waals surface area contributed by atoms with Gasteiger partial charge in [-0.3, -0.25) is 10.0 Å². The molecule has 28 heavy (non-hydrogen) atoms. The molecule has 8 nitrogen and oxygen atoms in total. The van der Waals surface area contributed by atoms with Gasteiger partial charge in [-0.1, -0.05) is 33.1 Å². The summed E-state index contributed by atoms with van der Waals surface area (Å²) in [4.78, 5) is 12.3. The predicted octanol–water partition coefficient (Wildman–Crippen LogP) is 2.07. The van der Waals surface area contributed by atoms with Crippen LogP contribution < -0.4 is 5.48 Å². The Kier molecular flexibility index (Phi) is 9.14. The molecule has 0 radical (unpaired) electrons. The average Bonchev–Trinajstić information content (AvgIpc) is 2.70. The molecule has 0 aromatic carbocycles. The van der Waals surface area contributed by atoms with Gasteiger partial charge in [-0.2, -0.15) is 0 Å². The highest BCUT2D eigenvalue weighted by Gasteiger charge is 2.54. The number of unbranched alkanes of at least 4 members (excludes halogenated alkanes) is 2. The summed E-state index contributed by atoms with van der Waals surface area (Å²) in [5.41, 5.74) is 1.56. The molecule has 2 N–H and O–H groups in total. The molecule has 0 aliphatic carbocycles. The molecule has 164 valence electrons. The molecule has 1 amide bonds. The first-order valence-electron chi connectivity index (χ1n) is 10.5. The number of hydrogen-bond acceptors (Lipinski definition) is 6. The molecule has 2 saturated heterocycles. The second-order valence-electron chi connectivity index (χ2n) is 8.27. The summed E-state index contributed by atoms with van der Waals surface area (Å²) < 4.78 is 37.3. The molecule has 9 heteroatoms. The van der Waals surface area contributed by atoms with Crippen molar-refractivity contribution < 1.29 is 27.9 Å². The number of ether oxygens (including phenoxy) is 2. The molecule has 2 fully saturated rings. The van der Waals surface area contributed by atoms with Crippen LogP contribution >= 0.6 is 0 Å². The fraction of sp³-hybridized carbons (Fsp3) is 0.947. The summed E-state index contributed by atoms with van der Waals surface area (Å²) in [5, 5.41) is 9.10. The van der Waals surface area contributed by atoms with Crippen LogP contribution in [0.4, 0.5) is 0 Å². The average molecular weight is 421 g/mol. The number of carbonyl (C=O) groups excluding carboxylic acids is 1. The first kappa shape index (κ1) is 23.5. The molecular weight excluding hydrogens is 384 g/mol. The Morgan fingerprint density at radius 1 is 1.21 bits per heavy atom. The van der Waals surface area contributed by atoms with E-state index in [1.54, 1.807) is 5.48 Å². The fourth-order valence-electron chi connectivity index (χ4n) is 3.97. The number of carbonyl (C=O) groups is 1. The number of rotatable bonds is 10. The van der Waals surface area contributed by atoms with Crippen LogP contribution in [0.2, 0.25) is 0 Å². The summed E-state index contributed by atoms with van der Waals surface area (Å²) >= 11 is 0. The van der Waals surface area contributed by atoms with Gasteiger partial charge in [-0.15, -0.1) is 0 Å². The molecule has 2 aliphatic heterocycles. The van der Waals surface area contributed by atoms with E-state index >= 15 is 0 Å². The lowest BCUT2D eigenvalue weighted by Gasteiger charge is -2.40. The molecule has 0 aromatic heterocycles. The van der Waals surface area contributed by atoms with Crippen LogP contribution in [0.25, 0.3) is 0 Å². The second-order valence-corrected chi connectivity index (χ2v) is 10.5. The van der Waals surface area contributed by atoms with Crippen molar-refractivity contribution in [1.29, 1.82) is 0 Å². The minimum Gasteiger partial charge on any atom is -0.381 e. The van der Waals surface area contributed by atoms with E-state index in [0.717, 1.165) is 18.8 Å². The van der Waals surface area contributed by atoms with E-state index in [1.807, 2.05) is 0 Å². The molecule has 2 rings (SSSR count). The molecule has 0 unspecified atom stereocenters. The summed E-state index contributed by atoms with van der Waals surface area (Å²) in [6, 6.07) is 0. The van der Waals surface area contributed by atoms with Gasteiger partial charge in [-0.25, -0.2) is 18.2 Å². The number of hydroxylamine groups is 1. The van der Waals surface area contributed by atoms with Gasteiger partial charge in [0.2, 0.25) is 10.0 Å². The van der Waals surface area contributed by atoms with E-state index in [9.17, 15) is 13.2 Å². The summed E-state index contributed by atoms with van der Waals surface area (Å²) in [5.74, 6) is -0.130. The maximum Gasteiger partial charge on any atom is 0.266 e. The first-order chi connectivity index (χ1) is 13.3. The zero-order chi connectivity index (χ0) is 20.6. The minimum atomic E-state index is -3.90. The lowest BCUT2D eigenvalue weighted by atomic mass is 9.98. The molecule has 2 aliphatic rings. The zero-order valence-electron chi connectivity index (χ0n) is 17.2. The van der Waals surface area contributed by atoms with Gasteiger partial charge >= 0.3 is 0 Å². The molecule has 2 heterocycles. The van der Waals surface area contributed by atoms with Gasteiger partial charge in [0, 0.05) is 45.8 Å². The highest BCUT2D eigenvalue weighted by molar-refractivity contribution is 7.91. The van der Waals surface area contributed by atoms with Crippen molar-refractivity contribution >= 4 is 15.9 Å². The van der Waals surface area contributed by atoms with Gasteiger partial charge < -0.3 is 9.47 Å². The molecule has 0 saturated carbocycles. The van der Waals surface area contributed by atoms with Crippen LogP contribution in [0.1, 0.15) is 65.2 Å². The number of piperidine rings is 1. The third kappa shape index (κ3) is 5.66. The van der Waals surface area contributed by atoms with Crippen LogP contribution in [-0.2, 0) is 24.3 Å². The summed E-state index contributed by atoms with van der Waals surface area (Å²) in [7, 11) is -3.90. The van der Waals surface area contributed by atoms with Crippen LogP contribution in [-0.4, -0.2) is 67.6 Å². The summed E-state index contributed by atoms with van der Waals surface area (Å²) in [6.45, 7) is 6.21. The van der Waals surface area contributed by atoms with Crippen molar-refractivity contribution in [3.05, 3.63) is 0 Å². The number of amides is 1. The Bertz CT molecular complexity index is 581. The van der Waals surface area contributed by atoms with Crippen LogP contribution in [0, 0.1) is 5.92 Å². The normalized spacial score (nSPS) is 21.7. The fourth-order valence-corrected chi connectivity index (χ4v) is 6.12. The Morgan fingerprint density at radius 3 is 2.43 bits per heavy atom. The molecule has 0 aromatic rings. The first-order valence-corrected chi connectivity index (χ1v) is 11.9. The zero-order valence-corrected chi connectivity index (χ0v) is 18.0. The van der Waals surface area contributed by atoms with E-state index in [4.69, 9.17) is 14.7 Å². The molecule has 0 bridgehead atoms. The monoisotopic (exact) mass is 420 g/mol. The standard InChI is InChI=1S/C19H36N2O6S/c1-16(2)6-4-3-5-13-27-17-7-11-21(12-8-17)28(24,25)19(18(22)20-23)9-14-26-15-10-19/h16-17,23H,3-15H2,1-2H3,(H,20,22). The van der Waals surface area contributed by atoms with E-state index in [-0.39, 0.29) is 32.2 Å². The molecular formula is C19H36N2O6S. The van der Waals surface area contributed by atoms with Crippen molar-refractivity contribution in [1.82, 2.24) is 9.79 Å². The Labute approximate surface area is 169 Å². The van der Waals surface area contributed by atoms with Crippen LogP contribution in [0.15, 0.2) is 0 Å². The maximum absolute atomic E-state index is 13.2. The highest BCUT2D eigenvalue weighted by Crippen LogP contribution is 2.34. The van der Waals surface area contributed by atoms with Crippen LogP contribution in [0.5, 0.6) is 0 Å². The lowest BCUT2D eigenvalue weighted by molar-refractivity contribution is -0.134. The Hall–Kier alpha value is -0.740. The van der Waals surface area contributed by atoms with Crippen molar-refractivity contribution in [3.8, 4) is 0 Å². The Balaban J connectivity index is 1.83. The van der Waals surface area contributed by atoms with Gasteiger partial charge in [0.05, 0.1) is 6.10 Å². The summed E-state index contributed by atoms with van der Waals surface area (Å²) in [6.07, 6.45) is 6.06. The highest BCUT2D eigenvalue weighted by atomic mass is 32.2. The van der Waals surface area contributed by atoms with E-state index in [2.05, 4.69) is 13.8 Å². The largest absolute Gasteiger partial charge is 0.381 e. The Morgan fingerprint density at radius 2 is 1.86 bits per heavy atom. The number of nitrogens with one attached hydrogen (secondary N) is 1. The van der Waals surface area contributed by atoms with Crippen LogP contribution in [0.3, 0.4) is 0 Å². The minimum absolute atomic E-state index is 0.0501. The van der Waals surface area contributed by atoms with E-state index < -0.39 is 20.7 Å². The smallest absolute Gasteiger partial charge is 0.266 e. The van der Waals surface area contributed by atoms with Crippen molar-refractivity contribution in [3.63, 3.8) is 0 Å². The van der Waals surface area contributed by atoms with Gasteiger partial charge in [0.25, 0.3) is 5.91 Å². The van der Waals surface area contributed by atoms with Crippen molar-refractivity contribution in [2.75, 3.05) is 32.9 Å². The quantitative estimate of drug-likeness (QED) is 0.318. The SMILES string of the molecule is CC(C)CCCCCOC1CCN(S(=O)(=O)C2(C(=O)NO)CCOCC2)CC1. The molecule has 0 spiro atoms. The van der Waals surface area contributed by atoms with E-state index in [1.165, 1.54) is 17.1 Å². The molecule has 0 atom stereocenters. The van der Waals surface area contributed by atoms with Gasteiger partial charge in [0.1, 0.15) is 0 Å². The third-order valence-corrected chi connectivity index (χ3v) is 8.46. The predicted molar refractivity (Wildman–Crippen MR) is 105 cm³/mol. The van der Waals surface area contributed by atoms with E-state index in [0.29, 0.717) is 32.5 Å². The third-order valence-electron chi connectivity index (χ3n) is 5.83. The second kappa shape index (κ2) is 10.9. The topological polar surface area (TPSA) is 105 Å².